The molecule has 2 aromatic carbocycles. The van der Waals surface area contributed by atoms with E-state index in [9.17, 15) is 9.90 Å². The number of aromatic hydroxyl groups is 1. The van der Waals surface area contributed by atoms with Crippen LogP contribution in [0.25, 0.3) is 10.8 Å². The van der Waals surface area contributed by atoms with Gasteiger partial charge in [0.2, 0.25) is 5.88 Å². The molecular formula is C16H11NO4. The maximum Gasteiger partial charge on any atom is 0.358 e. The van der Waals surface area contributed by atoms with E-state index in [4.69, 9.17) is 9.84 Å². The van der Waals surface area contributed by atoms with Crippen molar-refractivity contribution in [1.29, 1.82) is 0 Å². The van der Waals surface area contributed by atoms with Crippen LogP contribution in [-0.2, 0) is 0 Å². The molecule has 0 aliphatic rings. The fourth-order valence-electron chi connectivity index (χ4n) is 2.05. The van der Waals surface area contributed by atoms with Gasteiger partial charge < -0.3 is 14.9 Å². The van der Waals surface area contributed by atoms with Crippen LogP contribution in [0.3, 0.4) is 0 Å². The van der Waals surface area contributed by atoms with Crippen molar-refractivity contribution in [1.82, 2.24) is 4.98 Å². The molecule has 3 rings (SSSR count). The maximum absolute atomic E-state index is 11.2. The zero-order valence-electron chi connectivity index (χ0n) is 10.9. The molecule has 1 heterocycles. The van der Waals surface area contributed by atoms with E-state index in [1.807, 2.05) is 6.07 Å². The minimum atomic E-state index is -1.31. The van der Waals surface area contributed by atoms with Gasteiger partial charge in [0.05, 0.1) is 0 Å². The van der Waals surface area contributed by atoms with E-state index >= 15 is 0 Å². The first-order chi connectivity index (χ1) is 10.2. The minimum absolute atomic E-state index is 0.145. The number of carboxylic acids is 1. The van der Waals surface area contributed by atoms with Gasteiger partial charge in [-0.25, -0.2) is 9.78 Å². The number of aromatic carboxylic acids is 1. The lowest BCUT2D eigenvalue weighted by Gasteiger charge is -2.10. The van der Waals surface area contributed by atoms with Crippen LogP contribution in [0.1, 0.15) is 10.5 Å². The first-order valence-corrected chi connectivity index (χ1v) is 6.24. The number of hydrogen-bond acceptors (Lipinski definition) is 4. The lowest BCUT2D eigenvalue weighted by atomic mass is 10.1. The summed E-state index contributed by atoms with van der Waals surface area (Å²) in [5.41, 5.74) is -0.431. The number of pyridine rings is 1. The highest BCUT2D eigenvalue weighted by Gasteiger charge is 2.19. The molecule has 0 amide bonds. The van der Waals surface area contributed by atoms with Crippen LogP contribution >= 0.6 is 0 Å². The Morgan fingerprint density at radius 2 is 1.57 bits per heavy atom. The molecule has 2 N–H and O–H groups in total. The number of para-hydroxylation sites is 1. The largest absolute Gasteiger partial charge is 0.505 e. The van der Waals surface area contributed by atoms with E-state index < -0.39 is 11.7 Å². The van der Waals surface area contributed by atoms with Gasteiger partial charge in [-0.1, -0.05) is 36.4 Å². The van der Waals surface area contributed by atoms with Crippen LogP contribution in [0.2, 0.25) is 0 Å². The number of rotatable bonds is 3. The van der Waals surface area contributed by atoms with Crippen molar-refractivity contribution in [3.8, 4) is 17.4 Å². The number of benzene rings is 2. The number of hydrogen-bond donors (Lipinski definition) is 2. The predicted molar refractivity (Wildman–Crippen MR) is 76.9 cm³/mol. The van der Waals surface area contributed by atoms with E-state index in [1.165, 1.54) is 0 Å². The molecule has 3 aromatic rings. The molecule has 0 saturated carbocycles. The van der Waals surface area contributed by atoms with Crippen LogP contribution in [-0.4, -0.2) is 21.2 Å². The van der Waals surface area contributed by atoms with Crippen LogP contribution < -0.4 is 4.74 Å². The summed E-state index contributed by atoms with van der Waals surface area (Å²) in [6.07, 6.45) is 0. The molecular weight excluding hydrogens is 270 g/mol. The van der Waals surface area contributed by atoms with Crippen molar-refractivity contribution in [3.63, 3.8) is 0 Å². The fraction of sp³-hybridized carbons (Fsp3) is 0. The summed E-state index contributed by atoms with van der Waals surface area (Å²) in [6, 6.07) is 15.7. The van der Waals surface area contributed by atoms with Gasteiger partial charge in [-0.15, -0.1) is 0 Å². The third-order valence-corrected chi connectivity index (χ3v) is 3.01. The van der Waals surface area contributed by atoms with Gasteiger partial charge in [0, 0.05) is 10.8 Å². The van der Waals surface area contributed by atoms with Gasteiger partial charge >= 0.3 is 5.97 Å². The van der Waals surface area contributed by atoms with Crippen LogP contribution in [0, 0.1) is 0 Å². The summed E-state index contributed by atoms with van der Waals surface area (Å²) >= 11 is 0. The molecule has 0 radical (unpaired) electrons. The molecule has 104 valence electrons. The molecule has 5 nitrogen and oxygen atoms in total. The first kappa shape index (κ1) is 12.9. The van der Waals surface area contributed by atoms with E-state index in [1.54, 1.807) is 48.5 Å². The summed E-state index contributed by atoms with van der Waals surface area (Å²) in [5.74, 6) is -0.987. The molecule has 0 atom stereocenters. The topological polar surface area (TPSA) is 79.7 Å². The number of ether oxygens (including phenoxy) is 1. The Bertz CT molecular complexity index is 815. The third kappa shape index (κ3) is 2.36. The molecule has 0 spiro atoms. The Labute approximate surface area is 120 Å². The smallest absolute Gasteiger partial charge is 0.358 e. The number of carboxylic acid groups (broad SMARTS) is 1. The van der Waals surface area contributed by atoms with E-state index in [2.05, 4.69) is 4.98 Å². The van der Waals surface area contributed by atoms with Gasteiger partial charge in [0.15, 0.2) is 11.4 Å². The zero-order chi connectivity index (χ0) is 14.8. The molecule has 0 bridgehead atoms. The van der Waals surface area contributed by atoms with Crippen LogP contribution in [0.4, 0.5) is 0 Å². The highest BCUT2D eigenvalue weighted by atomic mass is 16.5. The summed E-state index contributed by atoms with van der Waals surface area (Å²) in [7, 11) is 0. The fourth-order valence-corrected chi connectivity index (χ4v) is 2.05. The van der Waals surface area contributed by atoms with Crippen molar-refractivity contribution in [2.75, 3.05) is 0 Å². The van der Waals surface area contributed by atoms with Gasteiger partial charge in [0.25, 0.3) is 0 Å². The minimum Gasteiger partial charge on any atom is -0.505 e. The quantitative estimate of drug-likeness (QED) is 0.768. The summed E-state index contributed by atoms with van der Waals surface area (Å²) < 4.78 is 5.65. The highest BCUT2D eigenvalue weighted by molar-refractivity contribution is 6.00. The number of nitrogens with zero attached hydrogens (tertiary/aromatic N) is 1. The number of fused-ring (bicyclic) bond motifs is 1. The zero-order valence-corrected chi connectivity index (χ0v) is 10.9. The Balaban J connectivity index is 2.21. The molecule has 21 heavy (non-hydrogen) atoms. The molecule has 0 saturated heterocycles. The van der Waals surface area contributed by atoms with Crippen LogP contribution in [0.15, 0.2) is 54.6 Å². The van der Waals surface area contributed by atoms with Gasteiger partial charge in [-0.2, -0.15) is 0 Å². The Morgan fingerprint density at radius 1 is 0.952 bits per heavy atom. The second kappa shape index (κ2) is 5.13. The van der Waals surface area contributed by atoms with Gasteiger partial charge in [-0.05, 0) is 18.2 Å². The number of aromatic nitrogens is 1. The normalized spacial score (nSPS) is 10.5. The molecule has 0 aliphatic heterocycles. The lowest BCUT2D eigenvalue weighted by molar-refractivity contribution is 0.0686. The van der Waals surface area contributed by atoms with Gasteiger partial charge in [-0.3, -0.25) is 0 Å². The first-order valence-electron chi connectivity index (χ1n) is 6.24. The average molecular weight is 281 g/mol. The lowest BCUT2D eigenvalue weighted by Crippen LogP contribution is -2.03. The van der Waals surface area contributed by atoms with Crippen molar-refractivity contribution in [3.05, 3.63) is 60.3 Å². The van der Waals surface area contributed by atoms with E-state index in [0.717, 1.165) is 0 Å². The monoisotopic (exact) mass is 281 g/mol. The summed E-state index contributed by atoms with van der Waals surface area (Å²) in [5, 5.41) is 20.1. The molecule has 1 aromatic heterocycles. The molecule has 0 fully saturated rings. The second-order valence-electron chi connectivity index (χ2n) is 4.38. The van der Waals surface area contributed by atoms with Crippen LogP contribution in [0.5, 0.6) is 17.4 Å². The highest BCUT2D eigenvalue weighted by Crippen LogP contribution is 2.35. The van der Waals surface area contributed by atoms with Crippen molar-refractivity contribution >= 4 is 16.7 Å². The third-order valence-electron chi connectivity index (χ3n) is 3.01. The molecule has 0 unspecified atom stereocenters. The molecule has 0 aliphatic carbocycles. The average Bonchev–Trinajstić information content (AvgIpc) is 2.51. The van der Waals surface area contributed by atoms with Crippen molar-refractivity contribution < 1.29 is 19.7 Å². The van der Waals surface area contributed by atoms with Gasteiger partial charge in [0.1, 0.15) is 5.75 Å². The Morgan fingerprint density at radius 3 is 2.24 bits per heavy atom. The van der Waals surface area contributed by atoms with E-state index in [-0.39, 0.29) is 11.6 Å². The number of carbonyl (C=O) groups is 1. The Hall–Kier alpha value is -3.08. The second-order valence-corrected chi connectivity index (χ2v) is 4.38. The molecule has 5 heteroatoms. The Kier molecular flexibility index (Phi) is 3.16. The SMILES string of the molecule is O=C(O)c1nc(Oc2ccccc2)c2ccccc2c1O. The summed E-state index contributed by atoms with van der Waals surface area (Å²) in [4.78, 5) is 15.1. The summed E-state index contributed by atoms with van der Waals surface area (Å²) in [6.45, 7) is 0. The van der Waals surface area contributed by atoms with Crippen molar-refractivity contribution in [2.45, 2.75) is 0 Å². The standard InChI is InChI=1S/C16H11NO4/c18-14-11-8-4-5-9-12(11)15(17-13(14)16(19)20)21-10-6-2-1-3-7-10/h1-9,18H,(H,19,20). The predicted octanol–water partition coefficient (Wildman–Crippen LogP) is 3.43. The van der Waals surface area contributed by atoms with Crippen molar-refractivity contribution in [2.24, 2.45) is 0 Å². The maximum atomic E-state index is 11.2. The van der Waals surface area contributed by atoms with E-state index in [0.29, 0.717) is 16.5 Å².